The van der Waals surface area contributed by atoms with Crippen molar-refractivity contribution >= 4 is 16.7 Å². The van der Waals surface area contributed by atoms with Gasteiger partial charge in [0.05, 0.1) is 11.3 Å². The van der Waals surface area contributed by atoms with Crippen LogP contribution in [-0.4, -0.2) is 21.0 Å². The number of hydrogen-bond donors (Lipinski definition) is 1. The summed E-state index contributed by atoms with van der Waals surface area (Å²) in [6.07, 6.45) is 1.62. The third-order valence-electron chi connectivity index (χ3n) is 1.86. The quantitative estimate of drug-likeness (QED) is 0.472. The van der Waals surface area contributed by atoms with Crippen LogP contribution in [0.2, 0.25) is 0 Å². The van der Waals surface area contributed by atoms with Crippen LogP contribution in [0, 0.1) is 0 Å². The SMILES string of the molecule is C=CCOC(=O)Cc1ccc([SH](=O)=O)cc1. The van der Waals surface area contributed by atoms with Gasteiger partial charge in [0.15, 0.2) is 10.7 Å². The molecule has 0 bridgehead atoms. The Hall–Kier alpha value is -1.62. The normalized spacial score (nSPS) is 10.1. The first-order valence-corrected chi connectivity index (χ1v) is 5.81. The fourth-order valence-electron chi connectivity index (χ4n) is 1.11. The minimum Gasteiger partial charge on any atom is -0.461 e. The summed E-state index contributed by atoms with van der Waals surface area (Å²) in [4.78, 5) is 11.4. The number of thiol groups is 1. The molecule has 0 aliphatic heterocycles. The van der Waals surface area contributed by atoms with E-state index in [9.17, 15) is 13.2 Å². The number of esters is 1. The molecule has 0 spiro atoms. The van der Waals surface area contributed by atoms with Crippen LogP contribution in [0.25, 0.3) is 0 Å². The largest absolute Gasteiger partial charge is 0.461 e. The molecule has 0 N–H and O–H groups in total. The van der Waals surface area contributed by atoms with Crippen LogP contribution < -0.4 is 0 Å². The van der Waals surface area contributed by atoms with Crippen molar-refractivity contribution < 1.29 is 17.9 Å². The maximum atomic E-state index is 11.2. The molecule has 1 aromatic carbocycles. The second-order valence-corrected chi connectivity index (χ2v) is 4.10. The minimum atomic E-state index is -2.57. The van der Waals surface area contributed by atoms with Gasteiger partial charge < -0.3 is 4.74 Å². The lowest BCUT2D eigenvalue weighted by atomic mass is 10.1. The highest BCUT2D eigenvalue weighted by Crippen LogP contribution is 2.06. The molecule has 86 valence electrons. The number of hydrogen-bond acceptors (Lipinski definition) is 4. The molecule has 1 rings (SSSR count). The van der Waals surface area contributed by atoms with Gasteiger partial charge in [-0.15, -0.1) is 0 Å². The van der Waals surface area contributed by atoms with Crippen LogP contribution in [0.15, 0.2) is 41.8 Å². The second-order valence-electron chi connectivity index (χ2n) is 3.07. The number of ether oxygens (including phenoxy) is 1. The second kappa shape index (κ2) is 6.07. The predicted molar refractivity (Wildman–Crippen MR) is 59.9 cm³/mol. The van der Waals surface area contributed by atoms with E-state index in [4.69, 9.17) is 4.74 Å². The van der Waals surface area contributed by atoms with Gasteiger partial charge in [0.2, 0.25) is 0 Å². The molecular formula is C11H12O4S. The van der Waals surface area contributed by atoms with Gasteiger partial charge in [-0.3, -0.25) is 4.79 Å². The lowest BCUT2D eigenvalue weighted by Gasteiger charge is -2.02. The summed E-state index contributed by atoms with van der Waals surface area (Å²) in [5.74, 6) is -0.362. The zero-order chi connectivity index (χ0) is 12.0. The first-order chi connectivity index (χ1) is 7.63. The van der Waals surface area contributed by atoms with Gasteiger partial charge >= 0.3 is 5.97 Å². The molecule has 0 heterocycles. The fraction of sp³-hybridized carbons (Fsp3) is 0.182. The molecule has 0 aromatic heterocycles. The summed E-state index contributed by atoms with van der Waals surface area (Å²) < 4.78 is 26.0. The number of carbonyl (C=O) groups is 1. The molecule has 0 saturated carbocycles. The third kappa shape index (κ3) is 3.86. The first kappa shape index (κ1) is 12.4. The number of rotatable bonds is 5. The zero-order valence-corrected chi connectivity index (χ0v) is 9.48. The molecule has 0 amide bonds. The van der Waals surface area contributed by atoms with Crippen molar-refractivity contribution in [3.63, 3.8) is 0 Å². The average Bonchev–Trinajstić information content (AvgIpc) is 2.27. The molecule has 0 radical (unpaired) electrons. The molecule has 16 heavy (non-hydrogen) atoms. The Balaban J connectivity index is 2.61. The standard InChI is InChI=1S/C11H12O4S/c1-2-7-15-11(12)8-9-3-5-10(6-4-9)16(13)14/h2-6,16H,1,7-8H2. The van der Waals surface area contributed by atoms with E-state index in [0.717, 1.165) is 5.56 Å². The Bertz CT molecular complexity index is 438. The van der Waals surface area contributed by atoms with Crippen LogP contribution in [0.1, 0.15) is 5.56 Å². The highest BCUT2D eigenvalue weighted by molar-refractivity contribution is 7.72. The van der Waals surface area contributed by atoms with Crippen molar-refractivity contribution in [3.05, 3.63) is 42.5 Å². The molecule has 1 aromatic rings. The zero-order valence-electron chi connectivity index (χ0n) is 8.59. The molecule has 0 aliphatic rings. The molecular weight excluding hydrogens is 228 g/mol. The Morgan fingerprint density at radius 3 is 2.44 bits per heavy atom. The molecule has 0 unspecified atom stereocenters. The summed E-state index contributed by atoms with van der Waals surface area (Å²) in [6, 6.07) is 6.11. The van der Waals surface area contributed by atoms with Gasteiger partial charge in [0.25, 0.3) is 0 Å². The van der Waals surface area contributed by atoms with Crippen molar-refractivity contribution in [2.45, 2.75) is 11.3 Å². The van der Waals surface area contributed by atoms with E-state index in [0.29, 0.717) is 0 Å². The fourth-order valence-corrected chi connectivity index (χ4v) is 1.50. The molecule has 0 aliphatic carbocycles. The van der Waals surface area contributed by atoms with Crippen molar-refractivity contribution in [2.75, 3.05) is 6.61 Å². The van der Waals surface area contributed by atoms with Crippen LogP contribution in [0.4, 0.5) is 0 Å². The van der Waals surface area contributed by atoms with Crippen molar-refractivity contribution in [3.8, 4) is 0 Å². The van der Waals surface area contributed by atoms with E-state index < -0.39 is 10.7 Å². The maximum Gasteiger partial charge on any atom is 0.310 e. The van der Waals surface area contributed by atoms with Crippen molar-refractivity contribution in [1.82, 2.24) is 0 Å². The van der Waals surface area contributed by atoms with E-state index in [-0.39, 0.29) is 23.9 Å². The highest BCUT2D eigenvalue weighted by atomic mass is 32.2. The van der Waals surface area contributed by atoms with Gasteiger partial charge in [-0.1, -0.05) is 24.8 Å². The molecule has 5 heteroatoms. The lowest BCUT2D eigenvalue weighted by Crippen LogP contribution is -2.07. The van der Waals surface area contributed by atoms with E-state index in [1.54, 1.807) is 12.1 Å². The van der Waals surface area contributed by atoms with Crippen LogP contribution >= 0.6 is 0 Å². The van der Waals surface area contributed by atoms with Gasteiger partial charge in [0.1, 0.15) is 6.61 Å². The topological polar surface area (TPSA) is 60.4 Å². The molecule has 0 fully saturated rings. The predicted octanol–water partition coefficient (Wildman–Crippen LogP) is 0.929. The highest BCUT2D eigenvalue weighted by Gasteiger charge is 2.04. The average molecular weight is 240 g/mol. The minimum absolute atomic E-state index is 0.129. The Labute approximate surface area is 95.5 Å². The number of benzene rings is 1. The van der Waals surface area contributed by atoms with Crippen LogP contribution in [-0.2, 0) is 26.7 Å². The first-order valence-electron chi connectivity index (χ1n) is 4.63. The van der Waals surface area contributed by atoms with Gasteiger partial charge in [-0.25, -0.2) is 8.42 Å². The Morgan fingerprint density at radius 1 is 1.31 bits per heavy atom. The maximum absolute atomic E-state index is 11.2. The van der Waals surface area contributed by atoms with Crippen LogP contribution in [0.5, 0.6) is 0 Å². The number of carbonyl (C=O) groups excluding carboxylic acids is 1. The van der Waals surface area contributed by atoms with E-state index in [1.807, 2.05) is 0 Å². The van der Waals surface area contributed by atoms with Crippen molar-refractivity contribution in [2.24, 2.45) is 0 Å². The summed E-state index contributed by atoms with van der Waals surface area (Å²) in [7, 11) is -2.57. The summed E-state index contributed by atoms with van der Waals surface area (Å²) in [5.41, 5.74) is 0.717. The summed E-state index contributed by atoms with van der Waals surface area (Å²) in [6.45, 7) is 3.61. The molecule has 4 nitrogen and oxygen atoms in total. The van der Waals surface area contributed by atoms with E-state index >= 15 is 0 Å². The summed E-state index contributed by atoms with van der Waals surface area (Å²) >= 11 is 0. The van der Waals surface area contributed by atoms with Gasteiger partial charge in [0, 0.05) is 0 Å². The monoisotopic (exact) mass is 240 g/mol. The third-order valence-corrected chi connectivity index (χ3v) is 2.58. The summed E-state index contributed by atoms with van der Waals surface area (Å²) in [5, 5.41) is 0. The smallest absolute Gasteiger partial charge is 0.310 e. The molecule has 0 atom stereocenters. The van der Waals surface area contributed by atoms with Crippen molar-refractivity contribution in [1.29, 1.82) is 0 Å². The Morgan fingerprint density at radius 2 is 1.94 bits per heavy atom. The van der Waals surface area contributed by atoms with Gasteiger partial charge in [-0.2, -0.15) is 0 Å². The van der Waals surface area contributed by atoms with Crippen LogP contribution in [0.3, 0.4) is 0 Å². The van der Waals surface area contributed by atoms with Gasteiger partial charge in [-0.05, 0) is 17.7 Å². The lowest BCUT2D eigenvalue weighted by molar-refractivity contribution is -0.141. The van der Waals surface area contributed by atoms with E-state index in [2.05, 4.69) is 6.58 Å². The molecule has 0 saturated heterocycles. The Kier molecular flexibility index (Phi) is 4.72. The van der Waals surface area contributed by atoms with E-state index in [1.165, 1.54) is 18.2 Å².